The van der Waals surface area contributed by atoms with Gasteiger partial charge in [0, 0.05) is 19.2 Å². The zero-order valence-electron chi connectivity index (χ0n) is 19.7. The highest BCUT2D eigenvalue weighted by Gasteiger charge is 2.46. The smallest absolute Gasteiger partial charge is 0.295 e. The van der Waals surface area contributed by atoms with Gasteiger partial charge in [-0.25, -0.2) is 0 Å². The van der Waals surface area contributed by atoms with E-state index < -0.39 is 17.7 Å². The Hall–Kier alpha value is -3.64. The molecule has 1 saturated heterocycles. The zero-order chi connectivity index (χ0) is 24.2. The first-order valence-corrected chi connectivity index (χ1v) is 11.4. The van der Waals surface area contributed by atoms with Crippen LogP contribution in [-0.2, 0) is 14.3 Å². The lowest BCUT2D eigenvalue weighted by Gasteiger charge is -2.26. The number of ether oxygens (including phenoxy) is 2. The van der Waals surface area contributed by atoms with Gasteiger partial charge in [0.1, 0.15) is 11.5 Å². The molecule has 1 aliphatic heterocycles. The Bertz CT molecular complexity index is 1220. The second kappa shape index (κ2) is 10.1. The number of fused-ring (bicyclic) bond motifs is 1. The molecule has 176 valence electrons. The fraction of sp³-hybridized carbons (Fsp3) is 0.286. The summed E-state index contributed by atoms with van der Waals surface area (Å²) in [7, 11) is 1.55. The van der Waals surface area contributed by atoms with Crippen molar-refractivity contribution in [1.82, 2.24) is 4.90 Å². The number of carbonyl (C=O) groups excluding carboxylic acids is 2. The molecule has 3 aromatic carbocycles. The van der Waals surface area contributed by atoms with Crippen molar-refractivity contribution in [3.63, 3.8) is 0 Å². The first kappa shape index (κ1) is 23.5. The molecule has 0 saturated carbocycles. The number of aliphatic hydroxyl groups excluding tert-OH is 1. The van der Waals surface area contributed by atoms with Crippen LogP contribution in [0.2, 0.25) is 0 Å². The van der Waals surface area contributed by atoms with Gasteiger partial charge in [-0.1, -0.05) is 56.3 Å². The van der Waals surface area contributed by atoms with Crippen LogP contribution in [0.1, 0.15) is 31.0 Å². The van der Waals surface area contributed by atoms with Gasteiger partial charge in [0.2, 0.25) is 0 Å². The lowest BCUT2D eigenvalue weighted by atomic mass is 9.91. The molecule has 6 nitrogen and oxygen atoms in total. The second-order valence-electron chi connectivity index (χ2n) is 8.78. The minimum Gasteiger partial charge on any atom is -0.507 e. The molecule has 4 rings (SSSR count). The van der Waals surface area contributed by atoms with E-state index in [1.165, 1.54) is 4.90 Å². The Morgan fingerprint density at radius 3 is 2.41 bits per heavy atom. The van der Waals surface area contributed by atoms with Crippen molar-refractivity contribution in [3.05, 3.63) is 83.4 Å². The van der Waals surface area contributed by atoms with Crippen LogP contribution in [0.5, 0.6) is 5.75 Å². The molecule has 1 unspecified atom stereocenters. The third kappa shape index (κ3) is 4.54. The van der Waals surface area contributed by atoms with Gasteiger partial charge in [0.25, 0.3) is 11.7 Å². The van der Waals surface area contributed by atoms with E-state index in [4.69, 9.17) is 9.47 Å². The fourth-order valence-corrected chi connectivity index (χ4v) is 4.24. The molecule has 1 aliphatic rings. The molecule has 1 heterocycles. The monoisotopic (exact) mass is 459 g/mol. The summed E-state index contributed by atoms with van der Waals surface area (Å²) in [4.78, 5) is 27.7. The first-order valence-electron chi connectivity index (χ1n) is 11.4. The summed E-state index contributed by atoms with van der Waals surface area (Å²) in [5, 5.41) is 13.2. The Kier molecular flexibility index (Phi) is 6.98. The number of carbonyl (C=O) groups is 2. The number of Topliss-reactive ketones (excluding diaryl/α,β-unsaturated/α-hetero) is 1. The van der Waals surface area contributed by atoms with E-state index in [1.807, 2.05) is 42.5 Å². The van der Waals surface area contributed by atoms with Crippen molar-refractivity contribution in [3.8, 4) is 5.75 Å². The van der Waals surface area contributed by atoms with E-state index in [0.29, 0.717) is 23.8 Å². The number of ketones is 1. The third-order valence-corrected chi connectivity index (χ3v) is 5.91. The number of aliphatic hydroxyl groups is 1. The summed E-state index contributed by atoms with van der Waals surface area (Å²) in [5.74, 6) is -0.486. The molecule has 1 atom stereocenters. The summed E-state index contributed by atoms with van der Waals surface area (Å²) < 4.78 is 10.9. The summed E-state index contributed by atoms with van der Waals surface area (Å²) in [6, 6.07) is 19.8. The van der Waals surface area contributed by atoms with Gasteiger partial charge in [-0.05, 0) is 46.5 Å². The molecule has 1 fully saturated rings. The molecule has 0 aromatic heterocycles. The highest BCUT2D eigenvalue weighted by atomic mass is 16.5. The minimum atomic E-state index is -0.724. The molecule has 3 aromatic rings. The van der Waals surface area contributed by atoms with Crippen LogP contribution in [0.3, 0.4) is 0 Å². The highest BCUT2D eigenvalue weighted by molar-refractivity contribution is 6.46. The van der Waals surface area contributed by atoms with E-state index in [9.17, 15) is 14.7 Å². The van der Waals surface area contributed by atoms with Crippen molar-refractivity contribution in [2.24, 2.45) is 5.92 Å². The van der Waals surface area contributed by atoms with Crippen molar-refractivity contribution in [1.29, 1.82) is 0 Å². The van der Waals surface area contributed by atoms with Crippen LogP contribution in [-0.4, -0.2) is 48.6 Å². The number of likely N-dealkylation sites (tertiary alicyclic amines) is 1. The topological polar surface area (TPSA) is 76.1 Å². The largest absolute Gasteiger partial charge is 0.507 e. The van der Waals surface area contributed by atoms with Gasteiger partial charge in [-0.2, -0.15) is 0 Å². The van der Waals surface area contributed by atoms with Crippen LogP contribution in [0.4, 0.5) is 0 Å². The van der Waals surface area contributed by atoms with E-state index in [0.717, 1.165) is 16.3 Å². The summed E-state index contributed by atoms with van der Waals surface area (Å²) in [6.07, 6.45) is 0. The Balaban J connectivity index is 1.82. The number of hydrogen-bond donors (Lipinski definition) is 1. The normalized spacial score (nSPS) is 17.6. The van der Waals surface area contributed by atoms with Crippen molar-refractivity contribution in [2.75, 3.05) is 26.9 Å². The average molecular weight is 460 g/mol. The minimum absolute atomic E-state index is 0.0771. The van der Waals surface area contributed by atoms with Gasteiger partial charge >= 0.3 is 0 Å². The molecule has 34 heavy (non-hydrogen) atoms. The molecule has 1 N–H and O–H groups in total. The molecule has 0 aliphatic carbocycles. The van der Waals surface area contributed by atoms with Gasteiger partial charge in [0.05, 0.1) is 24.8 Å². The van der Waals surface area contributed by atoms with Crippen LogP contribution in [0.15, 0.2) is 72.3 Å². The maximum Gasteiger partial charge on any atom is 0.295 e. The Morgan fingerprint density at radius 1 is 1.00 bits per heavy atom. The molecular formula is C28H29NO5. The maximum atomic E-state index is 13.2. The van der Waals surface area contributed by atoms with Crippen molar-refractivity contribution in [2.45, 2.75) is 19.9 Å². The van der Waals surface area contributed by atoms with Gasteiger partial charge in [0.15, 0.2) is 0 Å². The van der Waals surface area contributed by atoms with E-state index >= 15 is 0 Å². The molecular weight excluding hydrogens is 430 g/mol. The standard InChI is InChI=1S/C28H29NO5/c1-18(2)17-34-21-13-11-20(12-14-21)26(30)24-25(29(15-16-33-3)28(32)27(24)31)23-10-6-8-19-7-4-5-9-22(19)23/h4-14,18,25,30H,15-17H2,1-3H3/b26-24-. The molecule has 6 heteroatoms. The summed E-state index contributed by atoms with van der Waals surface area (Å²) in [5.41, 5.74) is 1.31. The number of nitrogens with zero attached hydrogens (tertiary/aromatic N) is 1. The molecule has 0 bridgehead atoms. The predicted molar refractivity (Wildman–Crippen MR) is 132 cm³/mol. The average Bonchev–Trinajstić information content (AvgIpc) is 3.10. The maximum absolute atomic E-state index is 13.2. The van der Waals surface area contributed by atoms with Crippen molar-refractivity contribution >= 4 is 28.2 Å². The number of hydrogen-bond acceptors (Lipinski definition) is 5. The van der Waals surface area contributed by atoms with Crippen LogP contribution < -0.4 is 4.74 Å². The van der Waals surface area contributed by atoms with Gasteiger partial charge < -0.3 is 19.5 Å². The Morgan fingerprint density at radius 2 is 1.71 bits per heavy atom. The lowest BCUT2D eigenvalue weighted by Crippen LogP contribution is -2.32. The van der Waals surface area contributed by atoms with E-state index in [-0.39, 0.29) is 24.5 Å². The zero-order valence-corrected chi connectivity index (χ0v) is 19.7. The third-order valence-electron chi connectivity index (χ3n) is 5.91. The Labute approximate surface area is 199 Å². The number of benzene rings is 3. The van der Waals surface area contributed by atoms with Gasteiger partial charge in [-0.3, -0.25) is 9.59 Å². The molecule has 0 radical (unpaired) electrons. The van der Waals surface area contributed by atoms with Crippen LogP contribution in [0, 0.1) is 5.92 Å². The number of methoxy groups -OCH3 is 1. The molecule has 0 spiro atoms. The fourth-order valence-electron chi connectivity index (χ4n) is 4.24. The quantitative estimate of drug-likeness (QED) is 0.293. The van der Waals surface area contributed by atoms with Gasteiger partial charge in [-0.15, -0.1) is 0 Å². The summed E-state index contributed by atoms with van der Waals surface area (Å²) in [6.45, 7) is 5.22. The number of rotatable bonds is 8. The lowest BCUT2D eigenvalue weighted by molar-refractivity contribution is -0.140. The van der Waals surface area contributed by atoms with E-state index in [1.54, 1.807) is 31.4 Å². The summed E-state index contributed by atoms with van der Waals surface area (Å²) >= 11 is 0. The first-order chi connectivity index (χ1) is 16.4. The van der Waals surface area contributed by atoms with Crippen LogP contribution in [0.25, 0.3) is 16.5 Å². The van der Waals surface area contributed by atoms with Crippen LogP contribution >= 0.6 is 0 Å². The predicted octanol–water partition coefficient (Wildman–Crippen LogP) is 4.94. The van der Waals surface area contributed by atoms with Crippen molar-refractivity contribution < 1.29 is 24.2 Å². The second-order valence-corrected chi connectivity index (χ2v) is 8.78. The molecule has 1 amide bonds. The SMILES string of the molecule is COCCN1C(=O)C(=O)/C(=C(\O)c2ccc(OCC(C)C)cc2)C1c1cccc2ccccc12. The highest BCUT2D eigenvalue weighted by Crippen LogP contribution is 2.41. The number of amides is 1. The van der Waals surface area contributed by atoms with E-state index in [2.05, 4.69) is 13.8 Å².